The smallest absolute Gasteiger partial charge is 0.241 e. The zero-order valence-corrected chi connectivity index (χ0v) is 18.6. The molecule has 152 valence electrons. The first kappa shape index (κ1) is 22.0. The van der Waals surface area contributed by atoms with Crippen LogP contribution in [0.1, 0.15) is 46.3 Å². The molecular weight excluding hydrogens is 372 g/mol. The number of nitrogens with zero attached hydrogens (tertiary/aromatic N) is 1. The number of amides is 1. The molecule has 2 aromatic carbocycles. The second-order valence-corrected chi connectivity index (χ2v) is 9.55. The van der Waals surface area contributed by atoms with Crippen molar-refractivity contribution in [1.29, 1.82) is 0 Å². The SMILES string of the molecule is Cc1ccc(N(CC(=O)N[C@@H](C)c2cc(C)c(C)cc2C)S(C)(=O)=O)c(C)c1. The predicted molar refractivity (Wildman–Crippen MR) is 115 cm³/mol. The number of benzene rings is 2. The van der Waals surface area contributed by atoms with Crippen LogP contribution in [0.15, 0.2) is 30.3 Å². The summed E-state index contributed by atoms with van der Waals surface area (Å²) in [7, 11) is -3.60. The lowest BCUT2D eigenvalue weighted by Crippen LogP contribution is -2.41. The van der Waals surface area contributed by atoms with Crippen molar-refractivity contribution in [3.05, 3.63) is 63.7 Å². The maximum absolute atomic E-state index is 12.7. The van der Waals surface area contributed by atoms with Gasteiger partial charge in [0.15, 0.2) is 0 Å². The second-order valence-electron chi connectivity index (χ2n) is 7.64. The number of carbonyl (C=O) groups excluding carboxylic acids is 1. The fraction of sp³-hybridized carbons (Fsp3) is 0.409. The molecule has 0 aliphatic carbocycles. The molecule has 0 spiro atoms. The Morgan fingerprint density at radius 2 is 1.57 bits per heavy atom. The van der Waals surface area contributed by atoms with E-state index in [4.69, 9.17) is 0 Å². The molecule has 1 N–H and O–H groups in total. The van der Waals surface area contributed by atoms with Gasteiger partial charge in [-0.1, -0.05) is 29.8 Å². The summed E-state index contributed by atoms with van der Waals surface area (Å²) in [5.41, 5.74) is 6.89. The Bertz CT molecular complexity index is 997. The van der Waals surface area contributed by atoms with Gasteiger partial charge in [-0.3, -0.25) is 9.10 Å². The topological polar surface area (TPSA) is 66.5 Å². The zero-order chi connectivity index (χ0) is 21.2. The van der Waals surface area contributed by atoms with E-state index in [-0.39, 0.29) is 18.5 Å². The molecule has 0 aliphatic heterocycles. The zero-order valence-electron chi connectivity index (χ0n) is 17.8. The summed E-state index contributed by atoms with van der Waals surface area (Å²) in [6.45, 7) is 11.6. The lowest BCUT2D eigenvalue weighted by Gasteiger charge is -2.25. The summed E-state index contributed by atoms with van der Waals surface area (Å²) < 4.78 is 25.8. The van der Waals surface area contributed by atoms with E-state index in [2.05, 4.69) is 24.4 Å². The molecule has 1 amide bonds. The van der Waals surface area contributed by atoms with Crippen LogP contribution in [0, 0.1) is 34.6 Å². The first-order chi connectivity index (χ1) is 12.9. The van der Waals surface area contributed by atoms with Crippen LogP contribution in [0.5, 0.6) is 0 Å². The summed E-state index contributed by atoms with van der Waals surface area (Å²) in [4.78, 5) is 12.7. The van der Waals surface area contributed by atoms with Gasteiger partial charge in [-0.05, 0) is 75.4 Å². The van der Waals surface area contributed by atoms with Gasteiger partial charge in [-0.2, -0.15) is 0 Å². The van der Waals surface area contributed by atoms with Gasteiger partial charge in [0, 0.05) is 0 Å². The van der Waals surface area contributed by atoms with Crippen molar-refractivity contribution in [2.45, 2.75) is 47.6 Å². The number of aryl methyl sites for hydroxylation is 5. The fourth-order valence-electron chi connectivity index (χ4n) is 3.41. The highest BCUT2D eigenvalue weighted by Crippen LogP contribution is 2.24. The molecule has 2 aromatic rings. The van der Waals surface area contributed by atoms with E-state index < -0.39 is 10.0 Å². The van der Waals surface area contributed by atoms with Crippen molar-refractivity contribution in [2.75, 3.05) is 17.1 Å². The van der Waals surface area contributed by atoms with Crippen molar-refractivity contribution >= 4 is 21.6 Å². The van der Waals surface area contributed by atoms with E-state index in [9.17, 15) is 13.2 Å². The Balaban J connectivity index is 2.24. The van der Waals surface area contributed by atoms with Crippen LogP contribution in [0.4, 0.5) is 5.69 Å². The number of rotatable bonds is 6. The normalized spacial score (nSPS) is 12.5. The van der Waals surface area contributed by atoms with Gasteiger partial charge in [-0.25, -0.2) is 8.42 Å². The third-order valence-electron chi connectivity index (χ3n) is 5.03. The van der Waals surface area contributed by atoms with Gasteiger partial charge in [0.25, 0.3) is 0 Å². The highest BCUT2D eigenvalue weighted by Gasteiger charge is 2.23. The summed E-state index contributed by atoms with van der Waals surface area (Å²) >= 11 is 0. The number of hydrogen-bond acceptors (Lipinski definition) is 3. The number of hydrogen-bond donors (Lipinski definition) is 1. The minimum Gasteiger partial charge on any atom is -0.348 e. The summed E-state index contributed by atoms with van der Waals surface area (Å²) in [6, 6.07) is 9.47. The molecule has 0 radical (unpaired) electrons. The quantitative estimate of drug-likeness (QED) is 0.798. The van der Waals surface area contributed by atoms with Gasteiger partial charge in [-0.15, -0.1) is 0 Å². The van der Waals surface area contributed by atoms with Gasteiger partial charge in [0.2, 0.25) is 15.9 Å². The molecule has 2 rings (SSSR count). The molecule has 28 heavy (non-hydrogen) atoms. The van der Waals surface area contributed by atoms with Crippen LogP contribution in [-0.4, -0.2) is 27.1 Å². The molecule has 5 nitrogen and oxygen atoms in total. The summed E-state index contributed by atoms with van der Waals surface area (Å²) in [5.74, 6) is -0.337. The van der Waals surface area contributed by atoms with Gasteiger partial charge in [0.1, 0.15) is 6.54 Å². The van der Waals surface area contributed by atoms with Crippen molar-refractivity contribution < 1.29 is 13.2 Å². The minimum absolute atomic E-state index is 0.215. The van der Waals surface area contributed by atoms with Crippen LogP contribution in [0.3, 0.4) is 0 Å². The Labute approximate surface area is 168 Å². The average Bonchev–Trinajstić information content (AvgIpc) is 2.55. The predicted octanol–water partition coefficient (Wildman–Crippen LogP) is 3.87. The van der Waals surface area contributed by atoms with Gasteiger partial charge in [0.05, 0.1) is 18.0 Å². The first-order valence-corrected chi connectivity index (χ1v) is 11.2. The molecule has 0 aliphatic rings. The van der Waals surface area contributed by atoms with Crippen LogP contribution in [-0.2, 0) is 14.8 Å². The molecule has 6 heteroatoms. The average molecular weight is 403 g/mol. The third kappa shape index (κ3) is 5.13. The van der Waals surface area contributed by atoms with E-state index in [1.54, 1.807) is 6.07 Å². The van der Waals surface area contributed by atoms with Crippen LogP contribution >= 0.6 is 0 Å². The molecule has 0 bridgehead atoms. The number of anilines is 1. The lowest BCUT2D eigenvalue weighted by molar-refractivity contribution is -0.120. The van der Waals surface area contributed by atoms with Crippen LogP contribution in [0.2, 0.25) is 0 Å². The molecule has 1 atom stereocenters. The first-order valence-electron chi connectivity index (χ1n) is 9.32. The van der Waals surface area contributed by atoms with Crippen molar-refractivity contribution in [3.63, 3.8) is 0 Å². The standard InChI is InChI=1S/C22H30N2O3S/c1-14-8-9-21(18(5)10-14)24(28(7,26)27)13-22(25)23-19(6)20-12-16(3)15(2)11-17(20)4/h8-12,19H,13H2,1-7H3,(H,23,25)/t19-/m0/s1. The molecule has 0 fully saturated rings. The van der Waals surface area contributed by atoms with E-state index in [0.717, 1.165) is 38.4 Å². The van der Waals surface area contributed by atoms with E-state index >= 15 is 0 Å². The molecule has 0 saturated carbocycles. The number of carbonyl (C=O) groups is 1. The highest BCUT2D eigenvalue weighted by molar-refractivity contribution is 7.92. The maximum atomic E-state index is 12.7. The van der Waals surface area contributed by atoms with Crippen molar-refractivity contribution in [2.24, 2.45) is 0 Å². The Morgan fingerprint density at radius 1 is 0.964 bits per heavy atom. The molecule has 0 heterocycles. The van der Waals surface area contributed by atoms with E-state index in [1.807, 2.05) is 46.8 Å². The van der Waals surface area contributed by atoms with Gasteiger partial charge >= 0.3 is 0 Å². The van der Waals surface area contributed by atoms with Gasteiger partial charge < -0.3 is 5.32 Å². The molecule has 0 saturated heterocycles. The van der Waals surface area contributed by atoms with E-state index in [0.29, 0.717) is 5.69 Å². The number of nitrogens with one attached hydrogen (secondary N) is 1. The fourth-order valence-corrected chi connectivity index (χ4v) is 4.32. The molecule has 0 unspecified atom stereocenters. The lowest BCUT2D eigenvalue weighted by atomic mass is 9.96. The Morgan fingerprint density at radius 3 is 2.14 bits per heavy atom. The Hall–Kier alpha value is -2.34. The molecular formula is C22H30N2O3S. The van der Waals surface area contributed by atoms with E-state index in [1.165, 1.54) is 5.56 Å². The maximum Gasteiger partial charge on any atom is 0.241 e. The third-order valence-corrected chi connectivity index (χ3v) is 6.16. The second kappa shape index (κ2) is 8.35. The Kier molecular flexibility index (Phi) is 6.55. The summed E-state index contributed by atoms with van der Waals surface area (Å²) in [5, 5.41) is 2.94. The number of sulfonamides is 1. The minimum atomic E-state index is -3.60. The summed E-state index contributed by atoms with van der Waals surface area (Å²) in [6.07, 6.45) is 1.12. The molecule has 0 aromatic heterocycles. The highest BCUT2D eigenvalue weighted by atomic mass is 32.2. The van der Waals surface area contributed by atoms with Crippen LogP contribution in [0.25, 0.3) is 0 Å². The van der Waals surface area contributed by atoms with Crippen LogP contribution < -0.4 is 9.62 Å². The van der Waals surface area contributed by atoms with Crippen molar-refractivity contribution in [1.82, 2.24) is 5.32 Å². The monoisotopic (exact) mass is 402 g/mol. The largest absolute Gasteiger partial charge is 0.348 e. The van der Waals surface area contributed by atoms with Crippen molar-refractivity contribution in [3.8, 4) is 0 Å².